The third-order valence-electron chi connectivity index (χ3n) is 5.21. The number of nitrogens with zero attached hydrogens (tertiary/aromatic N) is 2. The molecule has 1 N–H and O–H groups in total. The summed E-state index contributed by atoms with van der Waals surface area (Å²) in [5.74, 6) is 0.996. The van der Waals surface area contributed by atoms with Crippen molar-refractivity contribution in [2.45, 2.75) is 65.3 Å². The van der Waals surface area contributed by atoms with Gasteiger partial charge in [0.05, 0.1) is 11.4 Å². The van der Waals surface area contributed by atoms with E-state index in [9.17, 15) is 4.79 Å². The molecule has 4 heteroatoms. The molecule has 1 fully saturated rings. The topological polar surface area (TPSA) is 46.9 Å². The van der Waals surface area contributed by atoms with E-state index in [-0.39, 0.29) is 5.91 Å². The molecule has 1 aliphatic carbocycles. The quantitative estimate of drug-likeness (QED) is 0.891. The zero-order valence-electron chi connectivity index (χ0n) is 15.6. The molecular formula is C21H29N3O. The van der Waals surface area contributed by atoms with Crippen LogP contribution in [0.2, 0.25) is 0 Å². The molecule has 134 valence electrons. The maximum absolute atomic E-state index is 12.2. The van der Waals surface area contributed by atoms with Crippen LogP contribution in [-0.4, -0.2) is 21.7 Å². The Morgan fingerprint density at radius 1 is 1.16 bits per heavy atom. The van der Waals surface area contributed by atoms with Gasteiger partial charge in [0.1, 0.15) is 0 Å². The van der Waals surface area contributed by atoms with E-state index in [2.05, 4.69) is 54.6 Å². The molecule has 0 atom stereocenters. The highest BCUT2D eigenvalue weighted by atomic mass is 16.1. The van der Waals surface area contributed by atoms with Crippen LogP contribution in [0, 0.1) is 19.8 Å². The van der Waals surface area contributed by atoms with E-state index < -0.39 is 0 Å². The molecule has 0 aliphatic heterocycles. The minimum Gasteiger partial charge on any atom is -0.353 e. The van der Waals surface area contributed by atoms with Crippen LogP contribution in [0.5, 0.6) is 0 Å². The smallest absolute Gasteiger partial charge is 0.220 e. The summed E-state index contributed by atoms with van der Waals surface area (Å²) in [5, 5.41) is 7.71. The summed E-state index contributed by atoms with van der Waals surface area (Å²) in [6, 6.07) is 10.8. The number of benzene rings is 1. The first-order chi connectivity index (χ1) is 12.0. The molecule has 1 aromatic heterocycles. The van der Waals surface area contributed by atoms with Crippen LogP contribution in [0.15, 0.2) is 30.3 Å². The van der Waals surface area contributed by atoms with Gasteiger partial charge in [0, 0.05) is 18.2 Å². The Balaban J connectivity index is 1.50. The highest BCUT2D eigenvalue weighted by molar-refractivity contribution is 5.76. The van der Waals surface area contributed by atoms with Crippen LogP contribution in [0.25, 0.3) is 5.69 Å². The average Bonchev–Trinajstić information content (AvgIpc) is 2.94. The lowest BCUT2D eigenvalue weighted by molar-refractivity contribution is -0.122. The summed E-state index contributed by atoms with van der Waals surface area (Å²) in [7, 11) is 0. The number of carbonyl (C=O) groups excluding carboxylic acids is 1. The van der Waals surface area contributed by atoms with Gasteiger partial charge in [-0.3, -0.25) is 4.79 Å². The van der Waals surface area contributed by atoms with Gasteiger partial charge in [-0.25, -0.2) is 4.68 Å². The van der Waals surface area contributed by atoms with E-state index in [0.717, 1.165) is 42.3 Å². The van der Waals surface area contributed by atoms with Gasteiger partial charge in [-0.1, -0.05) is 19.1 Å². The largest absolute Gasteiger partial charge is 0.353 e. The molecule has 0 spiro atoms. The molecule has 1 amide bonds. The normalized spacial score (nSPS) is 20.4. The average molecular weight is 339 g/mol. The molecule has 25 heavy (non-hydrogen) atoms. The molecule has 1 heterocycles. The molecule has 1 aliphatic rings. The number of aryl methyl sites for hydroxylation is 3. The maximum Gasteiger partial charge on any atom is 0.220 e. The monoisotopic (exact) mass is 339 g/mol. The van der Waals surface area contributed by atoms with Gasteiger partial charge in [-0.2, -0.15) is 5.10 Å². The summed E-state index contributed by atoms with van der Waals surface area (Å²) in [4.78, 5) is 12.2. The molecular weight excluding hydrogens is 310 g/mol. The van der Waals surface area contributed by atoms with Gasteiger partial charge in [-0.15, -0.1) is 0 Å². The standard InChI is InChI=1S/C21H29N3O/c1-15-4-9-19(10-5-15)22-21(25)13-8-18-6-11-20(12-7-18)24-17(3)14-16(2)23-24/h6-7,11-12,14-15,19H,4-5,8-10,13H2,1-3H3,(H,22,25). The number of aromatic nitrogens is 2. The van der Waals surface area contributed by atoms with Gasteiger partial charge in [-0.05, 0) is 75.6 Å². The van der Waals surface area contributed by atoms with Crippen LogP contribution < -0.4 is 5.32 Å². The molecule has 2 aromatic rings. The van der Waals surface area contributed by atoms with Gasteiger partial charge in [0.25, 0.3) is 0 Å². The van der Waals surface area contributed by atoms with E-state index in [1.165, 1.54) is 18.4 Å². The van der Waals surface area contributed by atoms with Crippen molar-refractivity contribution in [2.24, 2.45) is 5.92 Å². The second-order valence-corrected chi connectivity index (χ2v) is 7.53. The summed E-state index contributed by atoms with van der Waals surface area (Å²) in [6.07, 6.45) is 6.07. The first-order valence-corrected chi connectivity index (χ1v) is 9.43. The molecule has 4 nitrogen and oxygen atoms in total. The highest BCUT2D eigenvalue weighted by Crippen LogP contribution is 2.23. The van der Waals surface area contributed by atoms with Gasteiger partial charge in [0.2, 0.25) is 5.91 Å². The van der Waals surface area contributed by atoms with Crippen molar-refractivity contribution in [3.8, 4) is 5.69 Å². The summed E-state index contributed by atoms with van der Waals surface area (Å²) in [5.41, 5.74) is 4.41. The molecule has 3 rings (SSSR count). The Morgan fingerprint density at radius 3 is 2.44 bits per heavy atom. The van der Waals surface area contributed by atoms with E-state index >= 15 is 0 Å². The number of nitrogens with one attached hydrogen (secondary N) is 1. The fraction of sp³-hybridized carbons (Fsp3) is 0.524. The van der Waals surface area contributed by atoms with Gasteiger partial charge < -0.3 is 5.32 Å². The number of hydrogen-bond donors (Lipinski definition) is 1. The van der Waals surface area contributed by atoms with E-state index in [0.29, 0.717) is 12.5 Å². The van der Waals surface area contributed by atoms with Crippen molar-refractivity contribution in [3.63, 3.8) is 0 Å². The first kappa shape index (κ1) is 17.7. The zero-order chi connectivity index (χ0) is 17.8. The van der Waals surface area contributed by atoms with E-state index in [1.807, 2.05) is 11.6 Å². The lowest BCUT2D eigenvalue weighted by Gasteiger charge is -2.26. The number of amides is 1. The third kappa shape index (κ3) is 4.71. The van der Waals surface area contributed by atoms with E-state index in [4.69, 9.17) is 0 Å². The fourth-order valence-corrected chi connectivity index (χ4v) is 3.66. The number of hydrogen-bond acceptors (Lipinski definition) is 2. The minimum atomic E-state index is 0.183. The fourth-order valence-electron chi connectivity index (χ4n) is 3.66. The van der Waals surface area contributed by atoms with Crippen LogP contribution in [-0.2, 0) is 11.2 Å². The lowest BCUT2D eigenvalue weighted by atomic mass is 9.87. The van der Waals surface area contributed by atoms with Crippen molar-refractivity contribution in [1.29, 1.82) is 0 Å². The summed E-state index contributed by atoms with van der Waals surface area (Å²) < 4.78 is 1.95. The predicted octanol–water partition coefficient (Wildman–Crippen LogP) is 4.12. The Hall–Kier alpha value is -2.10. The molecule has 1 saturated carbocycles. The van der Waals surface area contributed by atoms with Crippen LogP contribution in [0.3, 0.4) is 0 Å². The molecule has 1 aromatic carbocycles. The number of carbonyl (C=O) groups is 1. The molecule has 0 bridgehead atoms. The first-order valence-electron chi connectivity index (χ1n) is 9.43. The Morgan fingerprint density at radius 2 is 1.84 bits per heavy atom. The zero-order valence-corrected chi connectivity index (χ0v) is 15.6. The SMILES string of the molecule is Cc1cc(C)n(-c2ccc(CCC(=O)NC3CCC(C)CC3)cc2)n1. The van der Waals surface area contributed by atoms with Crippen molar-refractivity contribution in [2.75, 3.05) is 0 Å². The Kier molecular flexibility index (Phi) is 5.57. The maximum atomic E-state index is 12.2. The summed E-state index contributed by atoms with van der Waals surface area (Å²) >= 11 is 0. The Bertz CT molecular complexity index is 709. The molecule has 0 unspecified atom stereocenters. The minimum absolute atomic E-state index is 0.183. The highest BCUT2D eigenvalue weighted by Gasteiger charge is 2.19. The second-order valence-electron chi connectivity index (χ2n) is 7.53. The second kappa shape index (κ2) is 7.85. The van der Waals surface area contributed by atoms with Crippen LogP contribution in [0.1, 0.15) is 56.0 Å². The van der Waals surface area contributed by atoms with Crippen molar-refractivity contribution in [1.82, 2.24) is 15.1 Å². The van der Waals surface area contributed by atoms with Gasteiger partial charge in [0.15, 0.2) is 0 Å². The molecule has 0 saturated heterocycles. The van der Waals surface area contributed by atoms with E-state index in [1.54, 1.807) is 0 Å². The van der Waals surface area contributed by atoms with Crippen molar-refractivity contribution >= 4 is 5.91 Å². The third-order valence-corrected chi connectivity index (χ3v) is 5.21. The molecule has 0 radical (unpaired) electrons. The van der Waals surface area contributed by atoms with Crippen molar-refractivity contribution in [3.05, 3.63) is 47.3 Å². The Labute approximate surface area is 150 Å². The van der Waals surface area contributed by atoms with Crippen LogP contribution in [0.4, 0.5) is 0 Å². The lowest BCUT2D eigenvalue weighted by Crippen LogP contribution is -2.37. The number of rotatable bonds is 5. The van der Waals surface area contributed by atoms with Gasteiger partial charge >= 0.3 is 0 Å². The van der Waals surface area contributed by atoms with Crippen molar-refractivity contribution < 1.29 is 4.79 Å². The predicted molar refractivity (Wildman–Crippen MR) is 101 cm³/mol. The summed E-state index contributed by atoms with van der Waals surface area (Å²) in [6.45, 7) is 6.36. The van der Waals surface area contributed by atoms with Crippen LogP contribution >= 0.6 is 0 Å².